The van der Waals surface area contributed by atoms with Crippen LogP contribution in [0.15, 0.2) is 9.59 Å². The highest BCUT2D eigenvalue weighted by Crippen LogP contribution is 2.41. The average molecular weight is 621 g/mol. The zero-order chi connectivity index (χ0) is 31.4. The summed E-state index contributed by atoms with van der Waals surface area (Å²) < 4.78 is 26.8. The number of imide groups is 1. The maximum absolute atomic E-state index is 13.5. The molecule has 5 rings (SSSR count). The number of nitrogens with one attached hydrogen (secondary N) is 1. The van der Waals surface area contributed by atoms with E-state index in [0.29, 0.717) is 51.5 Å². The standard InChI is InChI=1S/C29H44N6O7S/c1-17-13-20(11-12-43(17,41)42)16-34-27(39)32(3)26(38)29(34,2)14-18-7-9-21(10-8-18)35-25(37)22(23(30)31)24(36)33(28(35)40)15-19-5-4-6-19/h17-21,36H,4-16H2,1-3H3,(H3,30,31)/t17-,18?,20+,21?,29-/m0/s1. The fourth-order valence-corrected chi connectivity index (χ4v) is 9.24. The van der Waals surface area contributed by atoms with Crippen molar-refractivity contribution in [2.75, 3.05) is 19.3 Å². The third-order valence-electron chi connectivity index (χ3n) is 10.6. The minimum absolute atomic E-state index is 0.0178. The molecule has 4 aliphatic rings. The van der Waals surface area contributed by atoms with E-state index in [1.165, 1.54) is 11.6 Å². The number of aromatic hydroxyl groups is 1. The number of nitrogens with two attached hydrogens (primary N) is 1. The van der Waals surface area contributed by atoms with Gasteiger partial charge in [0, 0.05) is 26.2 Å². The molecule has 43 heavy (non-hydrogen) atoms. The van der Waals surface area contributed by atoms with E-state index < -0.39 is 49.6 Å². The largest absolute Gasteiger partial charge is 0.494 e. The summed E-state index contributed by atoms with van der Waals surface area (Å²) in [5.74, 6) is -1.08. The number of sulfone groups is 1. The number of urea groups is 1. The molecule has 3 amide bonds. The monoisotopic (exact) mass is 620 g/mol. The van der Waals surface area contributed by atoms with Crippen LogP contribution in [0.3, 0.4) is 0 Å². The first-order valence-corrected chi connectivity index (χ1v) is 17.1. The minimum Gasteiger partial charge on any atom is -0.494 e. The van der Waals surface area contributed by atoms with Crippen molar-refractivity contribution < 1.29 is 23.1 Å². The van der Waals surface area contributed by atoms with Crippen LogP contribution in [0.4, 0.5) is 4.79 Å². The summed E-state index contributed by atoms with van der Waals surface area (Å²) in [5.41, 5.74) is 2.89. The Morgan fingerprint density at radius 3 is 2.21 bits per heavy atom. The van der Waals surface area contributed by atoms with Gasteiger partial charge in [-0.25, -0.2) is 18.0 Å². The third-order valence-corrected chi connectivity index (χ3v) is 12.8. The number of amidine groups is 1. The summed E-state index contributed by atoms with van der Waals surface area (Å²) in [6.45, 7) is 4.07. The van der Waals surface area contributed by atoms with Gasteiger partial charge in [0.25, 0.3) is 11.5 Å². The number of carbonyl (C=O) groups excluding carboxylic acids is 2. The van der Waals surface area contributed by atoms with Crippen LogP contribution in [-0.4, -0.2) is 80.4 Å². The van der Waals surface area contributed by atoms with Crippen LogP contribution in [0.2, 0.25) is 0 Å². The number of carbonyl (C=O) groups is 2. The van der Waals surface area contributed by atoms with E-state index in [9.17, 15) is 32.7 Å². The number of likely N-dealkylation sites (N-methyl/N-ethyl adjacent to an activating group) is 1. The normalized spacial score (nSPS) is 31.3. The second-order valence-corrected chi connectivity index (χ2v) is 16.0. The molecule has 2 saturated heterocycles. The van der Waals surface area contributed by atoms with E-state index >= 15 is 0 Å². The molecule has 13 nitrogen and oxygen atoms in total. The number of nitrogen functional groups attached to an aromatic ring is 1. The van der Waals surface area contributed by atoms with E-state index in [1.807, 2.05) is 0 Å². The molecule has 4 fully saturated rings. The Hall–Kier alpha value is -3.16. The van der Waals surface area contributed by atoms with E-state index in [2.05, 4.69) is 0 Å². The van der Waals surface area contributed by atoms with Crippen molar-refractivity contribution in [3.63, 3.8) is 0 Å². The molecule has 0 unspecified atom stereocenters. The van der Waals surface area contributed by atoms with Gasteiger partial charge in [0.05, 0.1) is 11.0 Å². The summed E-state index contributed by atoms with van der Waals surface area (Å²) in [7, 11) is -1.65. The molecule has 2 aliphatic carbocycles. The highest BCUT2D eigenvalue weighted by Gasteiger charge is 2.54. The number of hydrogen-bond acceptors (Lipinski definition) is 8. The quantitative estimate of drug-likeness (QED) is 0.223. The van der Waals surface area contributed by atoms with Gasteiger partial charge in [0.2, 0.25) is 5.88 Å². The maximum atomic E-state index is 13.5. The molecule has 2 aliphatic heterocycles. The predicted octanol–water partition coefficient (Wildman–Crippen LogP) is 1.79. The zero-order valence-electron chi connectivity index (χ0n) is 25.3. The second-order valence-electron chi connectivity index (χ2n) is 13.5. The van der Waals surface area contributed by atoms with E-state index in [4.69, 9.17) is 11.1 Å². The number of aromatic nitrogens is 2. The number of hydrogen-bond donors (Lipinski definition) is 3. The molecular formula is C29H44N6O7S. The van der Waals surface area contributed by atoms with Gasteiger partial charge in [-0.1, -0.05) is 6.42 Å². The lowest BCUT2D eigenvalue weighted by Gasteiger charge is -2.40. The first-order valence-electron chi connectivity index (χ1n) is 15.4. The highest BCUT2D eigenvalue weighted by molar-refractivity contribution is 7.92. The first-order chi connectivity index (χ1) is 20.2. The summed E-state index contributed by atoms with van der Waals surface area (Å²) in [6.07, 6.45) is 6.42. The molecule has 1 aromatic heterocycles. The minimum atomic E-state index is -3.13. The van der Waals surface area contributed by atoms with Gasteiger partial charge in [-0.3, -0.25) is 29.0 Å². The topological polar surface area (TPSA) is 189 Å². The average Bonchev–Trinajstić information content (AvgIpc) is 3.06. The summed E-state index contributed by atoms with van der Waals surface area (Å²) >= 11 is 0. The lowest BCUT2D eigenvalue weighted by atomic mass is 9.77. The van der Waals surface area contributed by atoms with Gasteiger partial charge < -0.3 is 15.7 Å². The van der Waals surface area contributed by atoms with Gasteiger partial charge in [-0.05, 0) is 89.4 Å². The zero-order valence-corrected chi connectivity index (χ0v) is 26.1. The molecule has 238 valence electrons. The van der Waals surface area contributed by atoms with Crippen LogP contribution in [0.25, 0.3) is 0 Å². The summed E-state index contributed by atoms with van der Waals surface area (Å²) in [4.78, 5) is 56.2. The van der Waals surface area contributed by atoms with Crippen molar-refractivity contribution in [1.82, 2.24) is 18.9 Å². The SMILES string of the molecule is C[C@H]1C[C@H](CN2C(=O)N(C)C(=O)[C@]2(C)CC2CCC(n3c(=O)c(C(=N)N)c(O)n(CC4CCC4)c3=O)CC2)CCS1(=O)=O. The van der Waals surface area contributed by atoms with E-state index in [-0.39, 0.29) is 47.6 Å². The number of rotatable bonds is 8. The van der Waals surface area contributed by atoms with Crippen LogP contribution in [-0.2, 0) is 21.2 Å². The molecule has 0 aromatic carbocycles. The fourth-order valence-electron chi connectivity index (χ4n) is 7.61. The number of nitrogens with zero attached hydrogens (tertiary/aromatic N) is 4. The molecule has 4 N–H and O–H groups in total. The Morgan fingerprint density at radius 1 is 1.00 bits per heavy atom. The molecule has 0 bridgehead atoms. The Morgan fingerprint density at radius 2 is 1.65 bits per heavy atom. The van der Waals surface area contributed by atoms with E-state index in [1.54, 1.807) is 18.7 Å². The second kappa shape index (κ2) is 11.4. The molecule has 3 atom stereocenters. The Labute approximate surface area is 251 Å². The molecule has 1 aromatic rings. The Kier molecular flexibility index (Phi) is 8.29. The molecule has 0 spiro atoms. The third kappa shape index (κ3) is 5.51. The van der Waals surface area contributed by atoms with Crippen LogP contribution in [0.1, 0.15) is 89.7 Å². The number of amides is 3. The maximum Gasteiger partial charge on any atom is 0.334 e. The predicted molar refractivity (Wildman–Crippen MR) is 160 cm³/mol. The van der Waals surface area contributed by atoms with Crippen LogP contribution in [0, 0.1) is 23.2 Å². The van der Waals surface area contributed by atoms with Crippen molar-refractivity contribution in [1.29, 1.82) is 5.41 Å². The van der Waals surface area contributed by atoms with Crippen molar-refractivity contribution >= 4 is 27.6 Å². The Bertz CT molecular complexity index is 1540. The van der Waals surface area contributed by atoms with Crippen LogP contribution in [0.5, 0.6) is 5.88 Å². The van der Waals surface area contributed by atoms with Gasteiger partial charge >= 0.3 is 11.7 Å². The smallest absolute Gasteiger partial charge is 0.334 e. The first kappa shape index (κ1) is 31.3. The highest BCUT2D eigenvalue weighted by atomic mass is 32.2. The van der Waals surface area contributed by atoms with Crippen LogP contribution >= 0.6 is 0 Å². The molecule has 14 heteroatoms. The van der Waals surface area contributed by atoms with Crippen molar-refractivity contribution in [2.24, 2.45) is 23.5 Å². The van der Waals surface area contributed by atoms with Gasteiger partial charge in [0.15, 0.2) is 9.84 Å². The van der Waals surface area contributed by atoms with Crippen molar-refractivity contribution in [3.8, 4) is 5.88 Å². The van der Waals surface area contributed by atoms with E-state index in [0.717, 1.165) is 28.7 Å². The van der Waals surface area contributed by atoms with Gasteiger partial charge in [0.1, 0.15) is 16.9 Å². The molecule has 2 saturated carbocycles. The van der Waals surface area contributed by atoms with Gasteiger partial charge in [-0.15, -0.1) is 0 Å². The summed E-state index contributed by atoms with van der Waals surface area (Å²) in [5, 5.41) is 18.1. The summed E-state index contributed by atoms with van der Waals surface area (Å²) in [6, 6.07) is -0.817. The lowest BCUT2D eigenvalue weighted by Crippen LogP contribution is -2.51. The van der Waals surface area contributed by atoms with Crippen molar-refractivity contribution in [2.45, 2.75) is 101 Å². The molecule has 3 heterocycles. The van der Waals surface area contributed by atoms with Gasteiger partial charge in [-0.2, -0.15) is 0 Å². The van der Waals surface area contributed by atoms with Crippen molar-refractivity contribution in [3.05, 3.63) is 26.4 Å². The Balaban J connectivity index is 1.33. The van der Waals surface area contributed by atoms with Crippen LogP contribution < -0.4 is 17.0 Å². The molecule has 0 radical (unpaired) electrons. The lowest BCUT2D eigenvalue weighted by molar-refractivity contribution is -0.132. The fraction of sp³-hybridized carbons (Fsp3) is 0.759. The molecular weight excluding hydrogens is 576 g/mol.